The van der Waals surface area contributed by atoms with E-state index in [1.807, 2.05) is 10.9 Å². The molecule has 92 valence electrons. The second kappa shape index (κ2) is 7.76. The number of rotatable bonds is 4. The van der Waals surface area contributed by atoms with Gasteiger partial charge < -0.3 is 10.0 Å². The molecule has 9 nitrogen and oxygen atoms in total. The van der Waals surface area contributed by atoms with Gasteiger partial charge in [-0.05, 0) is 13.0 Å². The molecule has 0 unspecified atom stereocenters. The predicted octanol–water partition coefficient (Wildman–Crippen LogP) is -5.37. The molecule has 0 aliphatic rings. The molecular weight excluding hydrogens is 263 g/mol. The van der Waals surface area contributed by atoms with Gasteiger partial charge >= 0.3 is 29.6 Å². The van der Waals surface area contributed by atoms with Gasteiger partial charge in [-0.3, -0.25) is 15.3 Å². The Morgan fingerprint density at radius 1 is 1.59 bits per heavy atom. The van der Waals surface area contributed by atoms with E-state index in [-0.39, 0.29) is 40.7 Å². The Balaban J connectivity index is 0. The minimum Gasteiger partial charge on any atom is -0.747 e. The third-order valence-corrected chi connectivity index (χ3v) is 1.89. The summed E-state index contributed by atoms with van der Waals surface area (Å²) < 4.78 is 30.5. The Bertz CT molecular complexity index is 459. The van der Waals surface area contributed by atoms with E-state index in [4.69, 9.17) is 0 Å². The Morgan fingerprint density at radius 3 is 2.59 bits per heavy atom. The maximum absolute atomic E-state index is 11.2. The Morgan fingerprint density at radius 2 is 2.18 bits per heavy atom. The van der Waals surface area contributed by atoms with Crippen LogP contribution in [0, 0.1) is 6.92 Å². The zero-order valence-electron chi connectivity index (χ0n) is 9.27. The largest absolute Gasteiger partial charge is 1.00 e. The van der Waals surface area contributed by atoms with E-state index in [0.717, 1.165) is 0 Å². The van der Waals surface area contributed by atoms with Crippen LogP contribution < -0.4 is 40.4 Å². The number of H-pyrrole nitrogens is 1. The van der Waals surface area contributed by atoms with Crippen LogP contribution in [0.25, 0.3) is 0 Å². The van der Waals surface area contributed by atoms with E-state index >= 15 is 0 Å². The first-order chi connectivity index (χ1) is 6.88. The molecule has 0 atom stereocenters. The van der Waals surface area contributed by atoms with Crippen molar-refractivity contribution in [2.75, 3.05) is 5.88 Å². The van der Waals surface area contributed by atoms with E-state index in [2.05, 4.69) is 10.2 Å². The maximum Gasteiger partial charge on any atom is 1.00 e. The molecule has 0 aliphatic heterocycles. The van der Waals surface area contributed by atoms with Gasteiger partial charge in [-0.25, -0.2) is 13.8 Å². The first-order valence-electron chi connectivity index (χ1n) is 3.87. The predicted molar refractivity (Wildman–Crippen MR) is 52.1 cm³/mol. The van der Waals surface area contributed by atoms with Crippen LogP contribution in [0.1, 0.15) is 16.2 Å². The first kappa shape index (κ1) is 18.9. The third-order valence-electron chi connectivity index (χ3n) is 1.39. The standard InChI is InChI=1S/C6H10N4O4S.Na.H2O/c1-4-2-5(9-8-4)6(11)10-7-3-15(12,13)14;;/h2,7H,3H2,1H3,(H,8,9)(H,10,11)(H,12,13,14);;1H2/q;+1;/p-1. The van der Waals surface area contributed by atoms with Crippen LogP contribution in [0.15, 0.2) is 6.07 Å². The minimum absolute atomic E-state index is 0. The molecule has 17 heavy (non-hydrogen) atoms. The summed E-state index contributed by atoms with van der Waals surface area (Å²) in [6, 6.07) is 1.47. The third kappa shape index (κ3) is 7.44. The SMILES string of the molecule is Cc1cc(C(=O)NNCS(=O)(=O)[O-])n[nH]1.O.[Na+]. The normalized spacial score (nSPS) is 10.0. The molecule has 0 aromatic carbocycles. The van der Waals surface area contributed by atoms with Gasteiger partial charge in [0.15, 0.2) is 5.69 Å². The first-order valence-corrected chi connectivity index (χ1v) is 5.45. The number of aromatic nitrogens is 2. The van der Waals surface area contributed by atoms with Crippen LogP contribution >= 0.6 is 0 Å². The van der Waals surface area contributed by atoms with Crippen molar-refractivity contribution in [2.45, 2.75) is 6.92 Å². The number of aryl methyl sites for hydroxylation is 1. The summed E-state index contributed by atoms with van der Waals surface area (Å²) >= 11 is 0. The van der Waals surface area contributed by atoms with Gasteiger partial charge in [0, 0.05) is 5.69 Å². The molecule has 1 rings (SSSR count). The van der Waals surface area contributed by atoms with E-state index in [1.54, 1.807) is 6.92 Å². The van der Waals surface area contributed by atoms with Crippen LogP contribution in [-0.4, -0.2) is 40.4 Å². The second-order valence-corrected chi connectivity index (χ2v) is 4.17. The average Bonchev–Trinajstić information content (AvgIpc) is 2.49. The zero-order valence-corrected chi connectivity index (χ0v) is 12.1. The summed E-state index contributed by atoms with van der Waals surface area (Å²) in [7, 11) is -4.40. The molecule has 1 amide bonds. The van der Waals surface area contributed by atoms with Crippen molar-refractivity contribution in [2.24, 2.45) is 0 Å². The van der Waals surface area contributed by atoms with Crippen molar-refractivity contribution in [3.8, 4) is 0 Å². The molecule has 1 aromatic heterocycles. The average molecular weight is 274 g/mol. The van der Waals surface area contributed by atoms with Crippen molar-refractivity contribution in [3.63, 3.8) is 0 Å². The van der Waals surface area contributed by atoms with Crippen molar-refractivity contribution in [1.82, 2.24) is 21.0 Å². The number of hydrazine groups is 1. The van der Waals surface area contributed by atoms with Gasteiger partial charge in [0.2, 0.25) is 0 Å². The molecule has 5 N–H and O–H groups in total. The number of nitrogens with zero attached hydrogens (tertiary/aromatic N) is 1. The number of hydrogen-bond acceptors (Lipinski definition) is 6. The Labute approximate surface area is 120 Å². The summed E-state index contributed by atoms with van der Waals surface area (Å²) in [5.41, 5.74) is 4.79. The maximum atomic E-state index is 11.2. The molecule has 1 aromatic rings. The monoisotopic (exact) mass is 274 g/mol. The van der Waals surface area contributed by atoms with Crippen molar-refractivity contribution < 1.29 is 52.8 Å². The molecule has 0 aliphatic carbocycles. The fourth-order valence-electron chi connectivity index (χ4n) is 0.803. The summed E-state index contributed by atoms with van der Waals surface area (Å²) in [5.74, 6) is -1.50. The molecule has 11 heteroatoms. The summed E-state index contributed by atoms with van der Waals surface area (Å²) in [4.78, 5) is 11.2. The summed E-state index contributed by atoms with van der Waals surface area (Å²) in [5, 5.41) is 6.16. The van der Waals surface area contributed by atoms with E-state index in [1.165, 1.54) is 6.07 Å². The molecule has 0 radical (unpaired) electrons. The Kier molecular flexibility index (Phi) is 8.61. The van der Waals surface area contributed by atoms with Gasteiger partial charge in [-0.1, -0.05) is 0 Å². The topological polar surface area (TPSA) is 159 Å². The number of nitrogens with one attached hydrogen (secondary N) is 3. The van der Waals surface area contributed by atoms with Crippen LogP contribution in [0.2, 0.25) is 0 Å². The van der Waals surface area contributed by atoms with Crippen molar-refractivity contribution in [3.05, 3.63) is 17.5 Å². The number of carbonyl (C=O) groups is 1. The van der Waals surface area contributed by atoms with Gasteiger partial charge in [0.25, 0.3) is 5.91 Å². The molecule has 0 saturated carbocycles. The van der Waals surface area contributed by atoms with Crippen LogP contribution in [0.4, 0.5) is 0 Å². The molecule has 0 spiro atoms. The van der Waals surface area contributed by atoms with Crippen LogP contribution in [0.5, 0.6) is 0 Å². The van der Waals surface area contributed by atoms with Gasteiger partial charge in [0.05, 0.1) is 0 Å². The molecule has 0 saturated heterocycles. The Hall–Kier alpha value is -0.490. The fraction of sp³-hybridized carbons (Fsp3) is 0.333. The minimum atomic E-state index is -4.40. The molecule has 0 fully saturated rings. The quantitative estimate of drug-likeness (QED) is 0.282. The molecular formula is C6H11N4NaO5S. The molecule has 0 bridgehead atoms. The van der Waals surface area contributed by atoms with Gasteiger partial charge in [-0.15, -0.1) is 0 Å². The van der Waals surface area contributed by atoms with E-state index in [9.17, 15) is 17.8 Å². The van der Waals surface area contributed by atoms with Gasteiger partial charge in [0.1, 0.15) is 16.0 Å². The smallest absolute Gasteiger partial charge is 0.747 e. The number of carbonyl (C=O) groups excluding carboxylic acids is 1. The van der Waals surface area contributed by atoms with Crippen LogP contribution in [-0.2, 0) is 10.1 Å². The van der Waals surface area contributed by atoms with Gasteiger partial charge in [-0.2, -0.15) is 5.10 Å². The summed E-state index contributed by atoms with van der Waals surface area (Å²) in [6.07, 6.45) is 0. The fourth-order valence-corrected chi connectivity index (χ4v) is 1.05. The number of amides is 1. The second-order valence-electron chi connectivity index (χ2n) is 2.77. The van der Waals surface area contributed by atoms with E-state index in [0.29, 0.717) is 5.69 Å². The van der Waals surface area contributed by atoms with E-state index < -0.39 is 21.9 Å². The summed E-state index contributed by atoms with van der Waals surface area (Å²) in [6.45, 7) is 1.71. The number of aromatic amines is 1. The van der Waals surface area contributed by atoms with Crippen molar-refractivity contribution in [1.29, 1.82) is 0 Å². The molecule has 1 heterocycles. The zero-order chi connectivity index (χ0) is 11.5. The van der Waals surface area contributed by atoms with Crippen molar-refractivity contribution >= 4 is 16.0 Å². The number of hydrogen-bond donors (Lipinski definition) is 3. The van der Waals surface area contributed by atoms with Crippen LogP contribution in [0.3, 0.4) is 0 Å².